The minimum absolute atomic E-state index is 0.0613. The molecule has 0 spiro atoms. The molecular weight excluding hydrogens is 280 g/mol. The van der Waals surface area contributed by atoms with Gasteiger partial charge in [0.2, 0.25) is 11.7 Å². The molecule has 0 saturated heterocycles. The quantitative estimate of drug-likeness (QED) is 0.526. The van der Waals surface area contributed by atoms with Crippen LogP contribution >= 0.6 is 0 Å². The molecule has 3 aromatic heterocycles. The molecule has 0 fully saturated rings. The van der Waals surface area contributed by atoms with Crippen LogP contribution in [0.2, 0.25) is 0 Å². The highest BCUT2D eigenvalue weighted by Crippen LogP contribution is 2.16. The lowest BCUT2D eigenvalue weighted by molar-refractivity contribution is -0.385. The van der Waals surface area contributed by atoms with Gasteiger partial charge >= 0.3 is 0 Å². The van der Waals surface area contributed by atoms with Crippen molar-refractivity contribution >= 4 is 5.69 Å². The summed E-state index contributed by atoms with van der Waals surface area (Å²) in [6, 6.07) is 5.59. The monoisotopic (exact) mass is 288 g/mol. The predicted octanol–water partition coefficient (Wildman–Crippen LogP) is 1.45. The van der Waals surface area contributed by atoms with Crippen LogP contribution in [-0.2, 0) is 6.54 Å². The van der Waals surface area contributed by atoms with E-state index in [4.69, 9.17) is 8.94 Å². The fraction of sp³-hybridized carbons (Fsp3) is 0.0833. The maximum atomic E-state index is 11.7. The number of hydrogen-bond acceptors (Lipinski definition) is 7. The normalized spacial score (nSPS) is 10.7. The van der Waals surface area contributed by atoms with E-state index >= 15 is 0 Å². The summed E-state index contributed by atoms with van der Waals surface area (Å²) >= 11 is 0. The molecule has 9 nitrogen and oxygen atoms in total. The molecule has 0 aliphatic carbocycles. The average Bonchev–Trinajstić information content (AvgIpc) is 3.11. The molecule has 0 aliphatic heterocycles. The van der Waals surface area contributed by atoms with Gasteiger partial charge in [0.05, 0.1) is 17.4 Å². The lowest BCUT2D eigenvalue weighted by Crippen LogP contribution is -2.19. The Morgan fingerprint density at radius 1 is 1.33 bits per heavy atom. The molecule has 0 aliphatic rings. The van der Waals surface area contributed by atoms with E-state index in [-0.39, 0.29) is 23.9 Å². The summed E-state index contributed by atoms with van der Waals surface area (Å²) in [6.07, 6.45) is 2.59. The van der Waals surface area contributed by atoms with Gasteiger partial charge in [0, 0.05) is 12.1 Å². The molecule has 0 N–H and O–H groups in total. The highest BCUT2D eigenvalue weighted by Gasteiger charge is 2.13. The molecule has 0 saturated carbocycles. The van der Waals surface area contributed by atoms with Gasteiger partial charge in [-0.3, -0.25) is 19.5 Å². The first-order chi connectivity index (χ1) is 10.1. The van der Waals surface area contributed by atoms with Crippen molar-refractivity contribution in [1.29, 1.82) is 0 Å². The summed E-state index contributed by atoms with van der Waals surface area (Å²) in [5.41, 5.74) is -0.598. The molecule has 0 atom stereocenters. The van der Waals surface area contributed by atoms with Crippen molar-refractivity contribution in [1.82, 2.24) is 14.7 Å². The van der Waals surface area contributed by atoms with E-state index in [2.05, 4.69) is 10.1 Å². The lowest BCUT2D eigenvalue weighted by atomic mass is 10.4. The van der Waals surface area contributed by atoms with Crippen molar-refractivity contribution < 1.29 is 13.9 Å². The van der Waals surface area contributed by atoms with Crippen LogP contribution < -0.4 is 5.56 Å². The zero-order valence-corrected chi connectivity index (χ0v) is 10.5. The van der Waals surface area contributed by atoms with Gasteiger partial charge in [0.25, 0.3) is 11.2 Å². The summed E-state index contributed by atoms with van der Waals surface area (Å²) in [6.45, 7) is -0.0613. The van der Waals surface area contributed by atoms with Gasteiger partial charge in [-0.25, -0.2) is 0 Å². The highest BCUT2D eigenvalue weighted by molar-refractivity contribution is 5.44. The van der Waals surface area contributed by atoms with Crippen molar-refractivity contribution in [2.45, 2.75) is 6.54 Å². The zero-order valence-electron chi connectivity index (χ0n) is 10.5. The molecule has 3 rings (SSSR count). The third-order valence-electron chi connectivity index (χ3n) is 2.69. The van der Waals surface area contributed by atoms with Gasteiger partial charge in [-0.15, -0.1) is 0 Å². The van der Waals surface area contributed by atoms with Crippen LogP contribution in [0.3, 0.4) is 0 Å². The largest absolute Gasteiger partial charge is 0.461 e. The Kier molecular flexibility index (Phi) is 3.07. The Bertz CT molecular complexity index is 833. The fourth-order valence-corrected chi connectivity index (χ4v) is 1.72. The van der Waals surface area contributed by atoms with E-state index in [1.54, 1.807) is 12.1 Å². The Morgan fingerprint density at radius 3 is 2.90 bits per heavy atom. The van der Waals surface area contributed by atoms with Gasteiger partial charge < -0.3 is 8.94 Å². The molecular formula is C12H8N4O5. The maximum absolute atomic E-state index is 11.7. The van der Waals surface area contributed by atoms with E-state index in [0.29, 0.717) is 5.76 Å². The van der Waals surface area contributed by atoms with Gasteiger partial charge in [0.15, 0.2) is 5.76 Å². The first kappa shape index (κ1) is 12.8. The smallest absolute Gasteiger partial charge is 0.285 e. The van der Waals surface area contributed by atoms with E-state index in [9.17, 15) is 14.9 Å². The summed E-state index contributed by atoms with van der Waals surface area (Å²) in [5.74, 6) is 0.814. The van der Waals surface area contributed by atoms with Crippen LogP contribution in [0.5, 0.6) is 0 Å². The molecule has 3 aromatic rings. The Morgan fingerprint density at radius 2 is 2.19 bits per heavy atom. The molecule has 3 heterocycles. The molecule has 0 unspecified atom stereocenters. The SMILES string of the molecule is O=c1ccc([N+](=O)[O-])cn1Cc1nc(-c2ccco2)no1. The summed E-state index contributed by atoms with van der Waals surface area (Å²) in [4.78, 5) is 25.8. The molecule has 21 heavy (non-hydrogen) atoms. The Balaban J connectivity index is 1.89. The predicted molar refractivity (Wildman–Crippen MR) is 68.5 cm³/mol. The van der Waals surface area contributed by atoms with Crippen molar-refractivity contribution in [3.63, 3.8) is 0 Å². The van der Waals surface area contributed by atoms with Crippen LogP contribution in [0.4, 0.5) is 5.69 Å². The number of aromatic nitrogens is 3. The van der Waals surface area contributed by atoms with Gasteiger partial charge in [-0.05, 0) is 12.1 Å². The van der Waals surface area contributed by atoms with Gasteiger partial charge in [0.1, 0.15) is 6.54 Å². The summed E-state index contributed by atoms with van der Waals surface area (Å²) in [5, 5.41) is 14.4. The molecule has 0 aromatic carbocycles. The van der Waals surface area contributed by atoms with Crippen LogP contribution in [0.1, 0.15) is 5.89 Å². The first-order valence-electron chi connectivity index (χ1n) is 5.85. The molecule has 106 valence electrons. The maximum Gasteiger partial charge on any atom is 0.285 e. The molecule has 0 amide bonds. The van der Waals surface area contributed by atoms with Crippen molar-refractivity contribution in [3.05, 3.63) is 63.1 Å². The van der Waals surface area contributed by atoms with E-state index < -0.39 is 10.5 Å². The number of pyridine rings is 1. The first-order valence-corrected chi connectivity index (χ1v) is 5.85. The number of nitro groups is 1. The summed E-state index contributed by atoms with van der Waals surface area (Å²) < 4.78 is 11.2. The number of rotatable bonds is 4. The highest BCUT2D eigenvalue weighted by atomic mass is 16.6. The number of furan rings is 1. The topological polar surface area (TPSA) is 117 Å². The van der Waals surface area contributed by atoms with Gasteiger partial charge in [-0.2, -0.15) is 4.98 Å². The lowest BCUT2D eigenvalue weighted by Gasteiger charge is -2.00. The molecule has 0 radical (unpaired) electrons. The van der Waals surface area contributed by atoms with Gasteiger partial charge in [-0.1, -0.05) is 5.16 Å². The van der Waals surface area contributed by atoms with E-state index in [1.165, 1.54) is 6.26 Å². The van der Waals surface area contributed by atoms with E-state index in [0.717, 1.165) is 22.9 Å². The van der Waals surface area contributed by atoms with Crippen molar-refractivity contribution in [3.8, 4) is 11.6 Å². The minimum atomic E-state index is -0.585. The third kappa shape index (κ3) is 2.56. The van der Waals surface area contributed by atoms with Crippen molar-refractivity contribution in [2.75, 3.05) is 0 Å². The fourth-order valence-electron chi connectivity index (χ4n) is 1.72. The third-order valence-corrected chi connectivity index (χ3v) is 2.69. The van der Waals surface area contributed by atoms with Crippen LogP contribution in [0, 0.1) is 10.1 Å². The number of hydrogen-bond donors (Lipinski definition) is 0. The zero-order chi connectivity index (χ0) is 14.8. The molecule has 9 heteroatoms. The second-order valence-corrected chi connectivity index (χ2v) is 4.10. The number of nitrogens with zero attached hydrogens (tertiary/aromatic N) is 4. The average molecular weight is 288 g/mol. The summed E-state index contributed by atoms with van der Waals surface area (Å²) in [7, 11) is 0. The second-order valence-electron chi connectivity index (χ2n) is 4.10. The Labute approximate surface area is 116 Å². The Hall–Kier alpha value is -3.23. The van der Waals surface area contributed by atoms with Crippen LogP contribution in [0.15, 0.2) is 50.5 Å². The minimum Gasteiger partial charge on any atom is -0.461 e. The van der Waals surface area contributed by atoms with Crippen LogP contribution in [0.25, 0.3) is 11.6 Å². The molecule has 0 bridgehead atoms. The van der Waals surface area contributed by atoms with Crippen LogP contribution in [-0.4, -0.2) is 19.6 Å². The van der Waals surface area contributed by atoms with E-state index in [1.807, 2.05) is 0 Å². The van der Waals surface area contributed by atoms with Crippen molar-refractivity contribution in [2.24, 2.45) is 0 Å². The standard InChI is InChI=1S/C12H8N4O5/c17-11-4-3-8(16(18)19)6-15(11)7-10-13-12(14-21-10)9-2-1-5-20-9/h1-6H,7H2. The second kappa shape index (κ2) is 5.04.